The summed E-state index contributed by atoms with van der Waals surface area (Å²) in [7, 11) is 0. The molecule has 5 nitrogen and oxygen atoms in total. The third kappa shape index (κ3) is 3.90. The maximum Gasteiger partial charge on any atom is 0.138 e. The Labute approximate surface area is 159 Å². The lowest BCUT2D eigenvalue weighted by atomic mass is 9.93. The molecule has 0 aliphatic carbocycles. The van der Waals surface area contributed by atoms with Crippen molar-refractivity contribution in [2.45, 2.75) is 32.4 Å². The number of rotatable bonds is 6. The van der Waals surface area contributed by atoms with Crippen LogP contribution in [-0.2, 0) is 13.2 Å². The van der Waals surface area contributed by atoms with Crippen molar-refractivity contribution in [3.8, 4) is 11.1 Å². The van der Waals surface area contributed by atoms with Gasteiger partial charge in [0.1, 0.15) is 5.65 Å². The molecule has 0 amide bonds. The number of fused-ring (bicyclic) bond motifs is 1. The Kier molecular flexibility index (Phi) is 5.53. The van der Waals surface area contributed by atoms with Crippen molar-refractivity contribution in [3.05, 3.63) is 53.9 Å². The summed E-state index contributed by atoms with van der Waals surface area (Å²) in [5.74, 6) is 0.649. The number of H-pyrrole nitrogens is 1. The number of aromatic nitrogens is 2. The van der Waals surface area contributed by atoms with Gasteiger partial charge in [-0.15, -0.1) is 0 Å². The third-order valence-electron chi connectivity index (χ3n) is 5.67. The number of nitrogens with one attached hydrogen (secondary N) is 1. The van der Waals surface area contributed by atoms with Gasteiger partial charge in [-0.1, -0.05) is 18.2 Å². The predicted molar refractivity (Wildman–Crippen MR) is 107 cm³/mol. The monoisotopic (exact) mass is 365 g/mol. The summed E-state index contributed by atoms with van der Waals surface area (Å²) in [5.41, 5.74) is 5.31. The van der Waals surface area contributed by atoms with Crippen molar-refractivity contribution in [2.75, 3.05) is 19.7 Å². The number of aliphatic hydroxyl groups is 2. The van der Waals surface area contributed by atoms with Crippen LogP contribution in [0.25, 0.3) is 22.2 Å². The molecule has 27 heavy (non-hydrogen) atoms. The molecule has 3 heterocycles. The molecule has 1 aliphatic heterocycles. The van der Waals surface area contributed by atoms with E-state index < -0.39 is 0 Å². The number of pyridine rings is 1. The minimum absolute atomic E-state index is 0.0438. The van der Waals surface area contributed by atoms with Gasteiger partial charge in [-0.3, -0.25) is 4.90 Å². The number of piperidine rings is 1. The Balaban J connectivity index is 1.64. The van der Waals surface area contributed by atoms with E-state index in [1.54, 1.807) is 0 Å². The van der Waals surface area contributed by atoms with E-state index in [9.17, 15) is 5.11 Å². The molecule has 0 bridgehead atoms. The minimum Gasteiger partial charge on any atom is -0.396 e. The first-order chi connectivity index (χ1) is 13.3. The number of hydrogen-bond donors (Lipinski definition) is 3. The average molecular weight is 365 g/mol. The van der Waals surface area contributed by atoms with Crippen LogP contribution < -0.4 is 0 Å². The molecule has 0 radical (unpaired) electrons. The van der Waals surface area contributed by atoms with Crippen molar-refractivity contribution >= 4 is 11.0 Å². The van der Waals surface area contributed by atoms with Gasteiger partial charge < -0.3 is 15.2 Å². The molecule has 3 aromatic rings. The second-order valence-corrected chi connectivity index (χ2v) is 7.47. The van der Waals surface area contributed by atoms with Gasteiger partial charge in [0, 0.05) is 36.0 Å². The molecular formula is C22H27N3O2. The van der Waals surface area contributed by atoms with E-state index in [0.29, 0.717) is 12.5 Å². The molecule has 1 aromatic carbocycles. The molecule has 0 saturated carbocycles. The van der Waals surface area contributed by atoms with E-state index in [2.05, 4.69) is 33.1 Å². The van der Waals surface area contributed by atoms with Crippen molar-refractivity contribution in [1.82, 2.24) is 14.9 Å². The SMILES string of the molecule is OCCC1CCN(Cc2[nH]c3ncccc3c2-c2cccc(CO)c2)CC1. The van der Waals surface area contributed by atoms with Gasteiger partial charge in [0.2, 0.25) is 0 Å². The molecular weight excluding hydrogens is 338 g/mol. The highest BCUT2D eigenvalue weighted by Gasteiger charge is 2.22. The number of nitrogens with zero attached hydrogens (tertiary/aromatic N) is 2. The topological polar surface area (TPSA) is 72.4 Å². The molecule has 0 unspecified atom stereocenters. The van der Waals surface area contributed by atoms with Crippen LogP contribution in [-0.4, -0.2) is 44.8 Å². The van der Waals surface area contributed by atoms with Crippen LogP contribution in [0.1, 0.15) is 30.5 Å². The summed E-state index contributed by atoms with van der Waals surface area (Å²) in [4.78, 5) is 10.5. The molecule has 5 heteroatoms. The van der Waals surface area contributed by atoms with Gasteiger partial charge in [0.15, 0.2) is 0 Å². The highest BCUT2D eigenvalue weighted by atomic mass is 16.3. The molecule has 0 spiro atoms. The molecule has 1 saturated heterocycles. The number of likely N-dealkylation sites (tertiary alicyclic amines) is 1. The minimum atomic E-state index is 0.0438. The van der Waals surface area contributed by atoms with E-state index in [-0.39, 0.29) is 6.61 Å². The van der Waals surface area contributed by atoms with Gasteiger partial charge in [-0.2, -0.15) is 0 Å². The predicted octanol–water partition coefficient (Wildman–Crippen LogP) is 3.32. The molecule has 142 valence electrons. The van der Waals surface area contributed by atoms with E-state index in [1.807, 2.05) is 24.4 Å². The normalized spacial score (nSPS) is 16.2. The van der Waals surface area contributed by atoms with E-state index >= 15 is 0 Å². The molecule has 2 aromatic heterocycles. The van der Waals surface area contributed by atoms with Crippen LogP contribution in [0.4, 0.5) is 0 Å². The summed E-state index contributed by atoms with van der Waals surface area (Å²) in [6, 6.07) is 12.2. The zero-order valence-corrected chi connectivity index (χ0v) is 15.6. The Morgan fingerprint density at radius 1 is 1.11 bits per heavy atom. The van der Waals surface area contributed by atoms with Crippen LogP contribution in [0.3, 0.4) is 0 Å². The standard InChI is InChI=1S/C22H27N3O2/c26-12-8-16-6-10-25(11-7-16)14-20-21(18-4-1-3-17(13-18)15-27)19-5-2-9-23-22(19)24-20/h1-5,9,13,16,26-27H,6-8,10-12,14-15H2,(H,23,24). The van der Waals surface area contributed by atoms with Crippen LogP contribution in [0.2, 0.25) is 0 Å². The van der Waals surface area contributed by atoms with Gasteiger partial charge in [-0.05, 0) is 67.6 Å². The fourth-order valence-corrected chi connectivity index (χ4v) is 4.19. The summed E-state index contributed by atoms with van der Waals surface area (Å²) in [5, 5.41) is 19.8. The van der Waals surface area contributed by atoms with Crippen molar-refractivity contribution in [1.29, 1.82) is 0 Å². The van der Waals surface area contributed by atoms with Crippen LogP contribution in [0.15, 0.2) is 42.6 Å². The first-order valence-electron chi connectivity index (χ1n) is 9.77. The molecule has 4 rings (SSSR count). The van der Waals surface area contributed by atoms with Crippen molar-refractivity contribution in [3.63, 3.8) is 0 Å². The quantitative estimate of drug-likeness (QED) is 0.627. The Hall–Kier alpha value is -2.21. The number of aliphatic hydroxyl groups excluding tert-OH is 2. The molecule has 1 aliphatic rings. The second-order valence-electron chi connectivity index (χ2n) is 7.47. The number of benzene rings is 1. The summed E-state index contributed by atoms with van der Waals surface area (Å²) < 4.78 is 0. The zero-order chi connectivity index (χ0) is 18.6. The first-order valence-corrected chi connectivity index (χ1v) is 9.77. The molecule has 0 atom stereocenters. The van der Waals surface area contributed by atoms with Gasteiger partial charge >= 0.3 is 0 Å². The Morgan fingerprint density at radius 3 is 2.74 bits per heavy atom. The summed E-state index contributed by atoms with van der Waals surface area (Å²) >= 11 is 0. The number of hydrogen-bond acceptors (Lipinski definition) is 4. The second kappa shape index (κ2) is 8.21. The highest BCUT2D eigenvalue weighted by molar-refractivity contribution is 5.95. The maximum atomic E-state index is 9.53. The van der Waals surface area contributed by atoms with Crippen LogP contribution >= 0.6 is 0 Å². The summed E-state index contributed by atoms with van der Waals surface area (Å²) in [6.07, 6.45) is 5.03. The largest absolute Gasteiger partial charge is 0.396 e. The third-order valence-corrected chi connectivity index (χ3v) is 5.67. The summed E-state index contributed by atoms with van der Waals surface area (Å²) in [6.45, 7) is 3.32. The van der Waals surface area contributed by atoms with E-state index in [0.717, 1.165) is 61.1 Å². The fraction of sp³-hybridized carbons (Fsp3) is 0.409. The van der Waals surface area contributed by atoms with Crippen molar-refractivity contribution in [2.24, 2.45) is 5.92 Å². The van der Waals surface area contributed by atoms with Gasteiger partial charge in [0.05, 0.1) is 6.61 Å². The van der Waals surface area contributed by atoms with Crippen molar-refractivity contribution < 1.29 is 10.2 Å². The number of aromatic amines is 1. The van der Waals surface area contributed by atoms with E-state index in [1.165, 1.54) is 11.3 Å². The molecule has 3 N–H and O–H groups in total. The first kappa shape index (κ1) is 18.2. The lowest BCUT2D eigenvalue weighted by molar-refractivity contribution is 0.152. The van der Waals surface area contributed by atoms with Gasteiger partial charge in [-0.25, -0.2) is 4.98 Å². The Bertz CT molecular complexity index is 897. The fourth-order valence-electron chi connectivity index (χ4n) is 4.19. The van der Waals surface area contributed by atoms with Crippen LogP contribution in [0.5, 0.6) is 0 Å². The molecule has 1 fully saturated rings. The van der Waals surface area contributed by atoms with Gasteiger partial charge in [0.25, 0.3) is 0 Å². The Morgan fingerprint density at radius 2 is 1.96 bits per heavy atom. The zero-order valence-electron chi connectivity index (χ0n) is 15.6. The average Bonchev–Trinajstić information content (AvgIpc) is 3.07. The van der Waals surface area contributed by atoms with E-state index in [4.69, 9.17) is 5.11 Å². The lowest BCUT2D eigenvalue weighted by Crippen LogP contribution is -2.33. The lowest BCUT2D eigenvalue weighted by Gasteiger charge is -2.31. The highest BCUT2D eigenvalue weighted by Crippen LogP contribution is 2.33. The maximum absolute atomic E-state index is 9.53. The smallest absolute Gasteiger partial charge is 0.138 e. The van der Waals surface area contributed by atoms with Crippen LogP contribution in [0, 0.1) is 5.92 Å².